The summed E-state index contributed by atoms with van der Waals surface area (Å²) in [7, 11) is 0. The molecule has 0 unspecified atom stereocenters. The van der Waals surface area contributed by atoms with Crippen molar-refractivity contribution in [3.8, 4) is 5.75 Å². The average molecular weight is 267 g/mol. The number of ether oxygens (including phenoxy) is 1. The zero-order valence-corrected chi connectivity index (χ0v) is 10.5. The number of aromatic carboxylic acids is 1. The summed E-state index contributed by atoms with van der Waals surface area (Å²) in [5, 5.41) is 11.9. The number of hydrogen-bond acceptors (Lipinski definition) is 4. The largest absolute Gasteiger partial charge is 0.542 e. The van der Waals surface area contributed by atoms with Crippen molar-refractivity contribution >= 4 is 16.9 Å². The highest BCUT2D eigenvalue weighted by Crippen LogP contribution is 2.26. The van der Waals surface area contributed by atoms with E-state index >= 15 is 0 Å². The van der Waals surface area contributed by atoms with Gasteiger partial charge >= 0.3 is 0 Å². The van der Waals surface area contributed by atoms with Crippen LogP contribution in [0, 0.1) is 0 Å². The highest BCUT2D eigenvalue weighted by molar-refractivity contribution is 5.94. The molecule has 100 valence electrons. The maximum absolute atomic E-state index is 11.1. The van der Waals surface area contributed by atoms with Crippen molar-refractivity contribution in [1.29, 1.82) is 0 Å². The predicted molar refractivity (Wildman–Crippen MR) is 71.3 cm³/mol. The Balaban J connectivity index is 1.97. The Kier molecular flexibility index (Phi) is 3.13. The molecule has 0 N–H and O–H groups in total. The van der Waals surface area contributed by atoms with E-state index in [0.717, 1.165) is 5.39 Å². The number of fused-ring (bicyclic) bond motifs is 1. The summed E-state index contributed by atoms with van der Waals surface area (Å²) in [6.45, 7) is 0.115. The molecule has 0 aliphatic rings. The van der Waals surface area contributed by atoms with Crippen LogP contribution in [0.5, 0.6) is 5.75 Å². The molecule has 0 aliphatic heterocycles. The van der Waals surface area contributed by atoms with Gasteiger partial charge in [-0.2, -0.15) is 0 Å². The Hall–Kier alpha value is -2.75. The second-order valence-corrected chi connectivity index (χ2v) is 4.30. The van der Waals surface area contributed by atoms with Gasteiger partial charge in [-0.3, -0.25) is 0 Å². The Morgan fingerprint density at radius 2 is 1.75 bits per heavy atom. The van der Waals surface area contributed by atoms with Gasteiger partial charge < -0.3 is 19.1 Å². The third kappa shape index (κ3) is 2.23. The molecule has 0 fully saturated rings. The van der Waals surface area contributed by atoms with Crippen LogP contribution in [0.4, 0.5) is 0 Å². The fourth-order valence-corrected chi connectivity index (χ4v) is 2.08. The van der Waals surface area contributed by atoms with Gasteiger partial charge in [-0.05, 0) is 18.2 Å². The Morgan fingerprint density at radius 1 is 1.05 bits per heavy atom. The third-order valence-electron chi connectivity index (χ3n) is 3.01. The van der Waals surface area contributed by atoms with Crippen LogP contribution in [0.2, 0.25) is 0 Å². The summed E-state index contributed by atoms with van der Waals surface area (Å²) in [6.07, 6.45) is 0. The summed E-state index contributed by atoms with van der Waals surface area (Å²) < 4.78 is 10.9. The van der Waals surface area contributed by atoms with Crippen LogP contribution >= 0.6 is 0 Å². The number of furan rings is 1. The van der Waals surface area contributed by atoms with Crippen LogP contribution < -0.4 is 9.84 Å². The van der Waals surface area contributed by atoms with E-state index < -0.39 is 5.97 Å². The lowest BCUT2D eigenvalue weighted by atomic mass is 10.1. The van der Waals surface area contributed by atoms with E-state index in [1.54, 1.807) is 30.3 Å². The second-order valence-electron chi connectivity index (χ2n) is 4.30. The van der Waals surface area contributed by atoms with E-state index in [2.05, 4.69) is 0 Å². The monoisotopic (exact) mass is 267 g/mol. The van der Waals surface area contributed by atoms with Crippen molar-refractivity contribution in [2.45, 2.75) is 6.61 Å². The molecule has 4 heteroatoms. The normalized spacial score (nSPS) is 10.6. The molecule has 20 heavy (non-hydrogen) atoms. The molecule has 2 aromatic carbocycles. The van der Waals surface area contributed by atoms with Crippen LogP contribution in [0.15, 0.2) is 59.0 Å². The summed E-state index contributed by atoms with van der Waals surface area (Å²) in [4.78, 5) is 11.1. The van der Waals surface area contributed by atoms with Gasteiger partial charge in [-0.25, -0.2) is 0 Å². The molecule has 1 aromatic heterocycles. The van der Waals surface area contributed by atoms with Crippen LogP contribution in [0.1, 0.15) is 16.1 Å². The highest BCUT2D eigenvalue weighted by atomic mass is 16.5. The average Bonchev–Trinajstić information content (AvgIpc) is 2.85. The van der Waals surface area contributed by atoms with Crippen LogP contribution in [-0.2, 0) is 6.61 Å². The lowest BCUT2D eigenvalue weighted by Gasteiger charge is -2.07. The topological polar surface area (TPSA) is 62.5 Å². The van der Waals surface area contributed by atoms with Crippen molar-refractivity contribution < 1.29 is 19.1 Å². The quantitative estimate of drug-likeness (QED) is 0.728. The van der Waals surface area contributed by atoms with Gasteiger partial charge in [0.1, 0.15) is 23.9 Å². The van der Waals surface area contributed by atoms with E-state index in [1.165, 1.54) is 0 Å². The molecular formula is C16H11O4-. The molecule has 0 aliphatic carbocycles. The molecule has 0 saturated carbocycles. The number of carboxylic acid groups (broad SMARTS) is 1. The predicted octanol–water partition coefficient (Wildman–Crippen LogP) is 2.38. The molecule has 0 amide bonds. The molecule has 3 rings (SSSR count). The standard InChI is InChI=1S/C16H12O4/c17-16(18)15-13(10-19-11-6-2-1-3-7-11)12-8-4-5-9-14(12)20-15/h1-9H,10H2,(H,17,18)/p-1. The Labute approximate surface area is 115 Å². The van der Waals surface area contributed by atoms with E-state index in [-0.39, 0.29) is 12.4 Å². The van der Waals surface area contributed by atoms with Crippen molar-refractivity contribution in [3.63, 3.8) is 0 Å². The van der Waals surface area contributed by atoms with Gasteiger partial charge in [0, 0.05) is 10.9 Å². The molecule has 0 spiro atoms. The smallest absolute Gasteiger partial charge is 0.157 e. The van der Waals surface area contributed by atoms with Gasteiger partial charge in [-0.1, -0.05) is 36.4 Å². The Bertz CT molecular complexity index is 744. The number of hydrogen-bond donors (Lipinski definition) is 0. The molecule has 0 bridgehead atoms. The van der Waals surface area contributed by atoms with E-state index in [1.807, 2.05) is 24.3 Å². The van der Waals surface area contributed by atoms with Crippen LogP contribution in [-0.4, -0.2) is 5.97 Å². The minimum absolute atomic E-state index is 0.115. The first-order valence-electron chi connectivity index (χ1n) is 6.15. The van der Waals surface area contributed by atoms with E-state index in [0.29, 0.717) is 16.9 Å². The van der Waals surface area contributed by atoms with E-state index in [9.17, 15) is 9.90 Å². The summed E-state index contributed by atoms with van der Waals surface area (Å²) in [6, 6.07) is 16.3. The Morgan fingerprint density at radius 3 is 2.50 bits per heavy atom. The maximum atomic E-state index is 11.1. The number of carboxylic acids is 1. The SMILES string of the molecule is O=C([O-])c1oc2ccccc2c1COc1ccccc1. The van der Waals surface area contributed by atoms with Crippen LogP contribution in [0.25, 0.3) is 11.0 Å². The first-order chi connectivity index (χ1) is 9.75. The summed E-state index contributed by atoms with van der Waals surface area (Å²) in [5.41, 5.74) is 1.00. The van der Waals surface area contributed by atoms with Gasteiger partial charge in [0.15, 0.2) is 5.76 Å². The molecule has 1 heterocycles. The fourth-order valence-electron chi connectivity index (χ4n) is 2.08. The van der Waals surface area contributed by atoms with Gasteiger partial charge in [0.05, 0.1) is 0 Å². The molecule has 0 saturated heterocycles. The maximum Gasteiger partial charge on any atom is 0.157 e. The van der Waals surface area contributed by atoms with Crippen molar-refractivity contribution in [2.24, 2.45) is 0 Å². The number of para-hydroxylation sites is 2. The molecule has 4 nitrogen and oxygen atoms in total. The summed E-state index contributed by atoms with van der Waals surface area (Å²) in [5.74, 6) is -0.850. The lowest BCUT2D eigenvalue weighted by Crippen LogP contribution is -2.23. The highest BCUT2D eigenvalue weighted by Gasteiger charge is 2.15. The molecule has 3 aromatic rings. The number of rotatable bonds is 4. The zero-order valence-electron chi connectivity index (χ0n) is 10.5. The lowest BCUT2D eigenvalue weighted by molar-refractivity contribution is -0.257. The minimum Gasteiger partial charge on any atom is -0.542 e. The van der Waals surface area contributed by atoms with Crippen molar-refractivity contribution in [2.75, 3.05) is 0 Å². The molecular weight excluding hydrogens is 256 g/mol. The second kappa shape index (κ2) is 5.09. The number of carbonyl (C=O) groups excluding carboxylic acids is 1. The molecule has 0 atom stereocenters. The number of benzene rings is 2. The van der Waals surface area contributed by atoms with E-state index in [4.69, 9.17) is 9.15 Å². The van der Waals surface area contributed by atoms with Crippen molar-refractivity contribution in [3.05, 3.63) is 65.9 Å². The third-order valence-corrected chi connectivity index (χ3v) is 3.01. The number of carbonyl (C=O) groups is 1. The van der Waals surface area contributed by atoms with Crippen LogP contribution in [0.3, 0.4) is 0 Å². The first kappa shape index (κ1) is 12.3. The van der Waals surface area contributed by atoms with Gasteiger partial charge in [-0.15, -0.1) is 0 Å². The minimum atomic E-state index is -1.34. The summed E-state index contributed by atoms with van der Waals surface area (Å²) >= 11 is 0. The van der Waals surface area contributed by atoms with Gasteiger partial charge in [0.25, 0.3) is 0 Å². The van der Waals surface area contributed by atoms with Gasteiger partial charge in [0.2, 0.25) is 0 Å². The first-order valence-corrected chi connectivity index (χ1v) is 6.15. The zero-order chi connectivity index (χ0) is 13.9. The fraction of sp³-hybridized carbons (Fsp3) is 0.0625. The van der Waals surface area contributed by atoms with Crippen molar-refractivity contribution in [1.82, 2.24) is 0 Å². The molecule has 0 radical (unpaired) electrons.